The average Bonchev–Trinajstić information content (AvgIpc) is 3.42. The van der Waals surface area contributed by atoms with E-state index < -0.39 is 17.7 Å². The summed E-state index contributed by atoms with van der Waals surface area (Å²) in [5, 5.41) is 11.1. The summed E-state index contributed by atoms with van der Waals surface area (Å²) in [5.74, 6) is -0.739. The Morgan fingerprint density at radius 2 is 1.76 bits per heavy atom. The van der Waals surface area contributed by atoms with Crippen molar-refractivity contribution < 1.29 is 19.4 Å². The number of hydrogen-bond acceptors (Lipinski definition) is 5. The van der Waals surface area contributed by atoms with Crippen LogP contribution in [0.15, 0.2) is 72.8 Å². The van der Waals surface area contributed by atoms with E-state index in [4.69, 9.17) is 4.74 Å². The van der Waals surface area contributed by atoms with Crippen LogP contribution in [0.3, 0.4) is 0 Å². The van der Waals surface area contributed by atoms with Crippen LogP contribution in [0.5, 0.6) is 5.75 Å². The molecule has 0 bridgehead atoms. The highest BCUT2D eigenvalue weighted by atomic mass is 16.5. The molecule has 1 N–H and O–H groups in total. The monoisotopic (exact) mass is 459 g/mol. The third-order valence-electron chi connectivity index (χ3n) is 5.81. The quantitative estimate of drug-likeness (QED) is 0.305. The maximum Gasteiger partial charge on any atom is 0.295 e. The lowest BCUT2D eigenvalue weighted by atomic mass is 9.95. The van der Waals surface area contributed by atoms with Gasteiger partial charge in [0.25, 0.3) is 11.7 Å². The summed E-state index contributed by atoms with van der Waals surface area (Å²) in [7, 11) is 0. The number of likely N-dealkylation sites (tertiary alicyclic amines) is 1. The number of aromatic nitrogens is 2. The molecular formula is C27H29N3O4. The second-order valence-electron chi connectivity index (χ2n) is 8.75. The van der Waals surface area contributed by atoms with Gasteiger partial charge in [-0.25, -0.2) is 4.98 Å². The van der Waals surface area contributed by atoms with E-state index in [1.807, 2.05) is 67.9 Å². The zero-order valence-corrected chi connectivity index (χ0v) is 19.6. The van der Waals surface area contributed by atoms with Crippen LogP contribution in [-0.4, -0.2) is 43.9 Å². The SMILES string of the molecule is Cc1ccc(/C(O)=C2\C(=O)C(=O)N(CCCn3ccnc3)[C@@H]2c2ccc(OC(C)C)cc2)cc1. The minimum absolute atomic E-state index is 0.0289. The van der Waals surface area contributed by atoms with Crippen LogP contribution in [0.4, 0.5) is 0 Å². The first kappa shape index (κ1) is 23.3. The first-order valence-corrected chi connectivity index (χ1v) is 11.4. The normalized spacial score (nSPS) is 17.5. The molecule has 1 amide bonds. The van der Waals surface area contributed by atoms with Crippen LogP contribution in [0.2, 0.25) is 0 Å². The number of benzene rings is 2. The molecule has 0 aliphatic carbocycles. The zero-order chi connectivity index (χ0) is 24.2. The van der Waals surface area contributed by atoms with Crippen molar-refractivity contribution in [2.24, 2.45) is 0 Å². The van der Waals surface area contributed by atoms with Gasteiger partial charge in [-0.3, -0.25) is 9.59 Å². The van der Waals surface area contributed by atoms with Gasteiger partial charge in [-0.15, -0.1) is 0 Å². The van der Waals surface area contributed by atoms with Gasteiger partial charge < -0.3 is 19.3 Å². The summed E-state index contributed by atoms with van der Waals surface area (Å²) < 4.78 is 7.67. The molecule has 0 radical (unpaired) electrons. The molecule has 0 saturated carbocycles. The maximum atomic E-state index is 13.1. The van der Waals surface area contributed by atoms with E-state index in [1.165, 1.54) is 0 Å². The van der Waals surface area contributed by atoms with Crippen molar-refractivity contribution in [3.05, 3.63) is 89.5 Å². The van der Waals surface area contributed by atoms with Gasteiger partial charge in [0.1, 0.15) is 11.5 Å². The fourth-order valence-electron chi connectivity index (χ4n) is 4.17. The van der Waals surface area contributed by atoms with Crippen LogP contribution < -0.4 is 4.74 Å². The summed E-state index contributed by atoms with van der Waals surface area (Å²) in [6, 6.07) is 13.9. The van der Waals surface area contributed by atoms with Gasteiger partial charge >= 0.3 is 0 Å². The van der Waals surface area contributed by atoms with Crippen LogP contribution >= 0.6 is 0 Å². The molecule has 2 heterocycles. The van der Waals surface area contributed by atoms with Gasteiger partial charge in [-0.1, -0.05) is 42.0 Å². The van der Waals surface area contributed by atoms with Crippen molar-refractivity contribution in [2.45, 2.75) is 45.9 Å². The van der Waals surface area contributed by atoms with E-state index >= 15 is 0 Å². The third kappa shape index (κ3) is 4.88. The van der Waals surface area contributed by atoms with E-state index in [2.05, 4.69) is 4.98 Å². The van der Waals surface area contributed by atoms with Crippen molar-refractivity contribution in [1.82, 2.24) is 14.5 Å². The van der Waals surface area contributed by atoms with Crippen molar-refractivity contribution in [1.29, 1.82) is 0 Å². The molecule has 7 heteroatoms. The molecule has 1 saturated heterocycles. The molecule has 2 aromatic carbocycles. The number of rotatable bonds is 8. The predicted octanol–water partition coefficient (Wildman–Crippen LogP) is 4.49. The number of carbonyl (C=O) groups is 2. The number of ketones is 1. The number of nitrogens with zero attached hydrogens (tertiary/aromatic N) is 3. The molecular weight excluding hydrogens is 430 g/mol. The highest BCUT2D eigenvalue weighted by Gasteiger charge is 2.45. The molecule has 176 valence electrons. The first-order chi connectivity index (χ1) is 16.3. The van der Waals surface area contributed by atoms with Crippen LogP contribution in [0.25, 0.3) is 5.76 Å². The first-order valence-electron chi connectivity index (χ1n) is 11.4. The average molecular weight is 460 g/mol. The van der Waals surface area contributed by atoms with E-state index in [-0.39, 0.29) is 17.4 Å². The number of amides is 1. The summed E-state index contributed by atoms with van der Waals surface area (Å²) in [4.78, 5) is 31.8. The fraction of sp³-hybridized carbons (Fsp3) is 0.296. The lowest BCUT2D eigenvalue weighted by Crippen LogP contribution is -2.31. The van der Waals surface area contributed by atoms with Crippen LogP contribution in [0, 0.1) is 6.92 Å². The Labute approximate surface area is 199 Å². The second-order valence-corrected chi connectivity index (χ2v) is 8.75. The van der Waals surface area contributed by atoms with Crippen molar-refractivity contribution in [3.8, 4) is 5.75 Å². The van der Waals surface area contributed by atoms with Crippen molar-refractivity contribution in [3.63, 3.8) is 0 Å². The Balaban J connectivity index is 1.71. The molecule has 1 fully saturated rings. The summed E-state index contributed by atoms with van der Waals surface area (Å²) >= 11 is 0. The highest BCUT2D eigenvalue weighted by molar-refractivity contribution is 6.46. The number of hydrogen-bond donors (Lipinski definition) is 1. The number of aliphatic hydroxyl groups is 1. The van der Waals surface area contributed by atoms with Gasteiger partial charge in [0.15, 0.2) is 0 Å². The number of Topliss-reactive ketones (excluding diaryl/α,β-unsaturated/α-hetero) is 1. The van der Waals surface area contributed by atoms with Gasteiger partial charge in [-0.2, -0.15) is 0 Å². The van der Waals surface area contributed by atoms with Crippen molar-refractivity contribution >= 4 is 17.4 Å². The van der Waals surface area contributed by atoms with Crippen LogP contribution in [-0.2, 0) is 16.1 Å². The molecule has 1 atom stereocenters. The molecule has 1 aliphatic heterocycles. The van der Waals surface area contributed by atoms with Gasteiger partial charge in [0.2, 0.25) is 0 Å². The minimum Gasteiger partial charge on any atom is -0.507 e. The topological polar surface area (TPSA) is 84.7 Å². The molecule has 34 heavy (non-hydrogen) atoms. The lowest BCUT2D eigenvalue weighted by molar-refractivity contribution is -0.139. The molecule has 3 aromatic rings. The van der Waals surface area contributed by atoms with Gasteiger partial charge in [0.05, 0.1) is 24.0 Å². The number of aliphatic hydroxyl groups excluding tert-OH is 1. The molecule has 1 aromatic heterocycles. The van der Waals surface area contributed by atoms with E-state index in [9.17, 15) is 14.7 Å². The molecule has 0 spiro atoms. The fourth-order valence-corrected chi connectivity index (χ4v) is 4.17. The lowest BCUT2D eigenvalue weighted by Gasteiger charge is -2.25. The smallest absolute Gasteiger partial charge is 0.295 e. The number of ether oxygens (including phenoxy) is 1. The van der Waals surface area contributed by atoms with Crippen molar-refractivity contribution in [2.75, 3.05) is 6.54 Å². The van der Waals surface area contributed by atoms with Gasteiger partial charge in [-0.05, 0) is 44.9 Å². The number of aryl methyl sites for hydroxylation is 2. The second kappa shape index (κ2) is 9.95. The Kier molecular flexibility index (Phi) is 6.82. The molecule has 4 rings (SSSR count). The Morgan fingerprint density at radius 1 is 1.06 bits per heavy atom. The maximum absolute atomic E-state index is 13.1. The summed E-state index contributed by atoms with van der Waals surface area (Å²) in [6.45, 7) is 6.87. The minimum atomic E-state index is -0.683. The van der Waals surface area contributed by atoms with Gasteiger partial charge in [0, 0.05) is 31.0 Å². The third-order valence-corrected chi connectivity index (χ3v) is 5.81. The highest BCUT2D eigenvalue weighted by Crippen LogP contribution is 2.40. The van der Waals surface area contributed by atoms with E-state index in [0.29, 0.717) is 30.8 Å². The molecule has 7 nitrogen and oxygen atoms in total. The largest absolute Gasteiger partial charge is 0.507 e. The zero-order valence-electron chi connectivity index (χ0n) is 19.6. The Morgan fingerprint density at radius 3 is 2.38 bits per heavy atom. The summed E-state index contributed by atoms with van der Waals surface area (Å²) in [5.41, 5.74) is 2.39. The molecule has 1 aliphatic rings. The Hall–Kier alpha value is -3.87. The number of carbonyl (C=O) groups excluding carboxylic acids is 2. The number of imidazole rings is 1. The van der Waals surface area contributed by atoms with E-state index in [0.717, 1.165) is 11.1 Å². The summed E-state index contributed by atoms with van der Waals surface area (Å²) in [6.07, 6.45) is 5.95. The van der Waals surface area contributed by atoms with Crippen LogP contribution in [0.1, 0.15) is 43.0 Å². The standard InChI is InChI=1S/C27H29N3O4/c1-18(2)34-22-11-9-20(10-12-22)24-23(25(31)21-7-5-19(3)6-8-21)26(32)27(33)30(24)15-4-14-29-16-13-28-17-29/h5-13,16-18,24,31H,4,14-15H2,1-3H3/b25-23+/t24-/m1/s1. The molecule has 0 unspecified atom stereocenters. The Bertz CT molecular complexity index is 1180. The predicted molar refractivity (Wildman–Crippen MR) is 129 cm³/mol. The van der Waals surface area contributed by atoms with E-state index in [1.54, 1.807) is 29.6 Å².